The molecule has 2 nitrogen and oxygen atoms in total. The van der Waals surface area contributed by atoms with Gasteiger partial charge in [0.15, 0.2) is 0 Å². The highest BCUT2D eigenvalue weighted by molar-refractivity contribution is 5.13. The monoisotopic (exact) mass is 178 g/mol. The molecule has 2 heteroatoms. The smallest absolute Gasteiger partial charge is 0.0717 e. The summed E-state index contributed by atoms with van der Waals surface area (Å²) < 4.78 is 5.45. The van der Waals surface area contributed by atoms with Gasteiger partial charge >= 0.3 is 0 Å². The first-order valence-electron chi connectivity index (χ1n) is 4.66. The highest BCUT2D eigenvalue weighted by atomic mass is 16.5. The second-order valence-electron chi connectivity index (χ2n) is 3.56. The van der Waals surface area contributed by atoms with Gasteiger partial charge in [-0.25, -0.2) is 0 Å². The molecule has 0 unspecified atom stereocenters. The minimum atomic E-state index is -0.101. The summed E-state index contributed by atoms with van der Waals surface area (Å²) in [6.45, 7) is 1.35. The van der Waals surface area contributed by atoms with E-state index < -0.39 is 0 Å². The summed E-state index contributed by atoms with van der Waals surface area (Å²) in [5, 5.41) is 9.04. The Morgan fingerprint density at radius 2 is 2.00 bits per heavy atom. The molecule has 1 aromatic rings. The van der Waals surface area contributed by atoms with Gasteiger partial charge in [0.2, 0.25) is 0 Å². The molecule has 0 aromatic heterocycles. The van der Waals surface area contributed by atoms with Crippen LogP contribution in [-0.2, 0) is 11.3 Å². The normalized spacial score (nSPS) is 25.9. The molecule has 13 heavy (non-hydrogen) atoms. The first-order chi connectivity index (χ1) is 6.36. The van der Waals surface area contributed by atoms with Crippen LogP contribution < -0.4 is 0 Å². The van der Waals surface area contributed by atoms with Crippen molar-refractivity contribution in [3.8, 4) is 0 Å². The maximum atomic E-state index is 9.04. The second-order valence-corrected chi connectivity index (χ2v) is 3.56. The van der Waals surface area contributed by atoms with E-state index in [9.17, 15) is 0 Å². The molecule has 1 fully saturated rings. The molecule has 2 atom stereocenters. The lowest BCUT2D eigenvalue weighted by Gasteiger charge is -2.02. The van der Waals surface area contributed by atoms with E-state index in [-0.39, 0.29) is 6.10 Å². The maximum absolute atomic E-state index is 9.04. The van der Waals surface area contributed by atoms with Gasteiger partial charge in [-0.05, 0) is 12.0 Å². The molecule has 0 radical (unpaired) electrons. The van der Waals surface area contributed by atoms with Crippen LogP contribution in [-0.4, -0.2) is 17.8 Å². The molecule has 0 amide bonds. The first-order valence-corrected chi connectivity index (χ1v) is 4.66. The van der Waals surface area contributed by atoms with Gasteiger partial charge in [-0.2, -0.15) is 0 Å². The highest BCUT2D eigenvalue weighted by Gasteiger charge is 2.34. The van der Waals surface area contributed by atoms with E-state index in [0.717, 1.165) is 6.42 Å². The molecule has 0 heterocycles. The molecule has 1 N–H and O–H groups in total. The van der Waals surface area contributed by atoms with E-state index in [1.165, 1.54) is 5.56 Å². The first kappa shape index (κ1) is 8.73. The van der Waals surface area contributed by atoms with Crippen LogP contribution in [0.3, 0.4) is 0 Å². The molecule has 0 saturated heterocycles. The predicted molar refractivity (Wildman–Crippen MR) is 50.2 cm³/mol. The predicted octanol–water partition coefficient (Wildman–Crippen LogP) is 1.58. The molecule has 1 saturated carbocycles. The lowest BCUT2D eigenvalue weighted by Crippen LogP contribution is -1.99. The molecule has 1 aliphatic rings. The number of ether oxygens (including phenoxy) is 1. The lowest BCUT2D eigenvalue weighted by molar-refractivity contribution is 0.0978. The molecular weight excluding hydrogens is 164 g/mol. The van der Waals surface area contributed by atoms with Crippen LogP contribution in [0.4, 0.5) is 0 Å². The number of rotatable bonds is 4. The Hall–Kier alpha value is -0.860. The fourth-order valence-electron chi connectivity index (χ4n) is 1.31. The Kier molecular flexibility index (Phi) is 2.62. The summed E-state index contributed by atoms with van der Waals surface area (Å²) in [5.41, 5.74) is 1.19. The van der Waals surface area contributed by atoms with E-state index in [1.807, 2.05) is 30.3 Å². The van der Waals surface area contributed by atoms with Gasteiger partial charge in [0.1, 0.15) is 0 Å². The van der Waals surface area contributed by atoms with Crippen molar-refractivity contribution >= 4 is 0 Å². The van der Waals surface area contributed by atoms with E-state index >= 15 is 0 Å². The van der Waals surface area contributed by atoms with Crippen molar-refractivity contribution < 1.29 is 9.84 Å². The average molecular weight is 178 g/mol. The van der Waals surface area contributed by atoms with Crippen LogP contribution in [0.25, 0.3) is 0 Å². The van der Waals surface area contributed by atoms with E-state index in [0.29, 0.717) is 19.1 Å². The van der Waals surface area contributed by atoms with E-state index in [1.54, 1.807) is 0 Å². The van der Waals surface area contributed by atoms with Crippen LogP contribution in [0.5, 0.6) is 0 Å². The van der Waals surface area contributed by atoms with Gasteiger partial charge in [-0.3, -0.25) is 0 Å². The minimum absolute atomic E-state index is 0.101. The summed E-state index contributed by atoms with van der Waals surface area (Å²) >= 11 is 0. The van der Waals surface area contributed by atoms with Gasteiger partial charge in [0, 0.05) is 5.92 Å². The molecule has 1 aromatic carbocycles. The van der Waals surface area contributed by atoms with Crippen LogP contribution in [0.1, 0.15) is 12.0 Å². The standard InChI is InChI=1S/C11H14O2/c12-11-6-10(11)8-13-7-9-4-2-1-3-5-9/h1-5,10-12H,6-8H2/t10-,11+/m1/s1. The number of aliphatic hydroxyl groups excluding tert-OH is 1. The lowest BCUT2D eigenvalue weighted by atomic mass is 10.2. The molecule has 0 bridgehead atoms. The zero-order valence-corrected chi connectivity index (χ0v) is 7.52. The molecule has 2 rings (SSSR count). The van der Waals surface area contributed by atoms with Gasteiger partial charge in [-0.1, -0.05) is 30.3 Å². The van der Waals surface area contributed by atoms with Crippen molar-refractivity contribution in [2.45, 2.75) is 19.1 Å². The molecule has 0 aliphatic heterocycles. The van der Waals surface area contributed by atoms with Gasteiger partial charge < -0.3 is 9.84 Å². The topological polar surface area (TPSA) is 29.5 Å². The molecular formula is C11H14O2. The van der Waals surface area contributed by atoms with Crippen LogP contribution in [0, 0.1) is 5.92 Å². The Labute approximate surface area is 78.2 Å². The van der Waals surface area contributed by atoms with Crippen LogP contribution in [0.15, 0.2) is 30.3 Å². The number of hydrogen-bond acceptors (Lipinski definition) is 2. The van der Waals surface area contributed by atoms with Crippen molar-refractivity contribution in [2.24, 2.45) is 5.92 Å². The quantitative estimate of drug-likeness (QED) is 0.758. The zero-order valence-electron chi connectivity index (χ0n) is 7.52. The second kappa shape index (κ2) is 3.90. The minimum Gasteiger partial charge on any atom is -0.393 e. The van der Waals surface area contributed by atoms with Crippen molar-refractivity contribution in [3.63, 3.8) is 0 Å². The zero-order chi connectivity index (χ0) is 9.10. The third-order valence-electron chi connectivity index (χ3n) is 2.33. The van der Waals surface area contributed by atoms with Crippen molar-refractivity contribution in [2.75, 3.05) is 6.61 Å². The fourth-order valence-corrected chi connectivity index (χ4v) is 1.31. The maximum Gasteiger partial charge on any atom is 0.0717 e. The summed E-state index contributed by atoms with van der Waals surface area (Å²) in [6.07, 6.45) is 0.810. The Morgan fingerprint density at radius 3 is 2.62 bits per heavy atom. The van der Waals surface area contributed by atoms with Gasteiger partial charge in [-0.15, -0.1) is 0 Å². The molecule has 70 valence electrons. The Balaban J connectivity index is 1.68. The Bertz CT molecular complexity index is 258. The number of aliphatic hydroxyl groups is 1. The molecule has 0 spiro atoms. The van der Waals surface area contributed by atoms with Gasteiger partial charge in [0.05, 0.1) is 19.3 Å². The summed E-state index contributed by atoms with van der Waals surface area (Å²) in [6, 6.07) is 10.1. The van der Waals surface area contributed by atoms with E-state index in [4.69, 9.17) is 9.84 Å². The van der Waals surface area contributed by atoms with Crippen molar-refractivity contribution in [3.05, 3.63) is 35.9 Å². The van der Waals surface area contributed by atoms with Crippen molar-refractivity contribution in [1.82, 2.24) is 0 Å². The van der Waals surface area contributed by atoms with Gasteiger partial charge in [0.25, 0.3) is 0 Å². The highest BCUT2D eigenvalue weighted by Crippen LogP contribution is 2.30. The largest absolute Gasteiger partial charge is 0.393 e. The third-order valence-corrected chi connectivity index (χ3v) is 2.33. The summed E-state index contributed by atoms with van der Waals surface area (Å²) in [7, 11) is 0. The molecule has 1 aliphatic carbocycles. The SMILES string of the molecule is O[C@H]1C[C@@H]1COCc1ccccc1. The summed E-state index contributed by atoms with van der Waals surface area (Å²) in [4.78, 5) is 0. The van der Waals surface area contributed by atoms with Crippen molar-refractivity contribution in [1.29, 1.82) is 0 Å². The average Bonchev–Trinajstić information content (AvgIpc) is 2.84. The van der Waals surface area contributed by atoms with E-state index in [2.05, 4.69) is 0 Å². The fraction of sp³-hybridized carbons (Fsp3) is 0.455. The Morgan fingerprint density at radius 1 is 1.31 bits per heavy atom. The summed E-state index contributed by atoms with van der Waals surface area (Å²) in [5.74, 6) is 0.392. The number of hydrogen-bond donors (Lipinski definition) is 1. The number of benzene rings is 1. The third kappa shape index (κ3) is 2.54. The van der Waals surface area contributed by atoms with Crippen LogP contribution >= 0.6 is 0 Å². The van der Waals surface area contributed by atoms with Crippen LogP contribution in [0.2, 0.25) is 0 Å².